The molecule has 4 heteroatoms. The standard InChI is InChI=1S/C17H23N3S/c1-17(15-6-3-2-4-7-15)14-20(11-5-9-19-17)12-8-16-18-10-13-21-16/h2-4,6-7,10,13,19H,5,8-9,11-12,14H2,1H3. The minimum Gasteiger partial charge on any atom is -0.307 e. The third-order valence-electron chi connectivity index (χ3n) is 4.24. The summed E-state index contributed by atoms with van der Waals surface area (Å²) in [6, 6.07) is 10.8. The Bertz CT molecular complexity index is 540. The van der Waals surface area contributed by atoms with Crippen LogP contribution in [0.4, 0.5) is 0 Å². The second-order valence-corrected chi connectivity index (χ2v) is 6.91. The molecule has 0 radical (unpaired) electrons. The fourth-order valence-electron chi connectivity index (χ4n) is 3.07. The molecule has 112 valence electrons. The second-order valence-electron chi connectivity index (χ2n) is 5.93. The van der Waals surface area contributed by atoms with E-state index in [9.17, 15) is 0 Å². The summed E-state index contributed by atoms with van der Waals surface area (Å²) in [4.78, 5) is 6.97. The van der Waals surface area contributed by atoms with Crippen LogP contribution in [0, 0.1) is 0 Å². The lowest BCUT2D eigenvalue weighted by molar-refractivity contribution is 0.222. The average Bonchev–Trinajstić information content (AvgIpc) is 2.96. The predicted molar refractivity (Wildman–Crippen MR) is 88.7 cm³/mol. The Morgan fingerprint density at radius 3 is 2.95 bits per heavy atom. The van der Waals surface area contributed by atoms with Crippen LogP contribution in [0.25, 0.3) is 0 Å². The van der Waals surface area contributed by atoms with Gasteiger partial charge in [-0.2, -0.15) is 0 Å². The predicted octanol–water partition coefficient (Wildman–Crippen LogP) is 2.90. The van der Waals surface area contributed by atoms with Crippen molar-refractivity contribution in [2.75, 3.05) is 26.2 Å². The number of nitrogens with one attached hydrogen (secondary N) is 1. The smallest absolute Gasteiger partial charge is 0.0937 e. The third-order valence-corrected chi connectivity index (χ3v) is 5.08. The van der Waals surface area contributed by atoms with E-state index in [-0.39, 0.29) is 5.54 Å². The van der Waals surface area contributed by atoms with Gasteiger partial charge < -0.3 is 10.2 Å². The first-order valence-corrected chi connectivity index (χ1v) is 8.55. The average molecular weight is 301 g/mol. The van der Waals surface area contributed by atoms with Gasteiger partial charge in [0.2, 0.25) is 0 Å². The largest absolute Gasteiger partial charge is 0.307 e. The summed E-state index contributed by atoms with van der Waals surface area (Å²) in [5.74, 6) is 0. The van der Waals surface area contributed by atoms with Crippen molar-refractivity contribution in [1.29, 1.82) is 0 Å². The van der Waals surface area contributed by atoms with Crippen LogP contribution in [-0.2, 0) is 12.0 Å². The van der Waals surface area contributed by atoms with Crippen molar-refractivity contribution in [2.24, 2.45) is 0 Å². The van der Waals surface area contributed by atoms with Crippen LogP contribution < -0.4 is 5.32 Å². The molecule has 3 rings (SSSR count). The maximum Gasteiger partial charge on any atom is 0.0937 e. The fraction of sp³-hybridized carbons (Fsp3) is 0.471. The summed E-state index contributed by atoms with van der Waals surface area (Å²) in [6.07, 6.45) is 4.17. The van der Waals surface area contributed by atoms with E-state index in [1.807, 2.05) is 6.20 Å². The minimum atomic E-state index is 0.0423. The molecule has 1 saturated heterocycles. The molecule has 1 aliphatic heterocycles. The molecule has 0 amide bonds. The minimum absolute atomic E-state index is 0.0423. The first-order chi connectivity index (χ1) is 10.3. The lowest BCUT2D eigenvalue weighted by Gasteiger charge is -2.34. The van der Waals surface area contributed by atoms with E-state index in [0.29, 0.717) is 0 Å². The van der Waals surface area contributed by atoms with Crippen molar-refractivity contribution >= 4 is 11.3 Å². The van der Waals surface area contributed by atoms with Gasteiger partial charge in [-0.05, 0) is 32.0 Å². The monoisotopic (exact) mass is 301 g/mol. The zero-order valence-electron chi connectivity index (χ0n) is 12.6. The highest BCUT2D eigenvalue weighted by Crippen LogP contribution is 2.24. The first kappa shape index (κ1) is 14.7. The van der Waals surface area contributed by atoms with Crippen molar-refractivity contribution in [3.05, 3.63) is 52.5 Å². The van der Waals surface area contributed by atoms with Gasteiger partial charge in [-0.25, -0.2) is 4.98 Å². The van der Waals surface area contributed by atoms with Gasteiger partial charge in [0.15, 0.2) is 0 Å². The summed E-state index contributed by atoms with van der Waals surface area (Å²) in [7, 11) is 0. The molecule has 3 nitrogen and oxygen atoms in total. The SMILES string of the molecule is CC1(c2ccccc2)CN(CCc2nccs2)CCCN1. The van der Waals surface area contributed by atoms with Crippen molar-refractivity contribution in [3.8, 4) is 0 Å². The molecule has 0 saturated carbocycles. The van der Waals surface area contributed by atoms with Gasteiger partial charge in [0.25, 0.3) is 0 Å². The summed E-state index contributed by atoms with van der Waals surface area (Å²) < 4.78 is 0. The van der Waals surface area contributed by atoms with E-state index < -0.39 is 0 Å². The Balaban J connectivity index is 1.68. The van der Waals surface area contributed by atoms with Crippen LogP contribution in [0.3, 0.4) is 0 Å². The quantitative estimate of drug-likeness (QED) is 0.941. The Morgan fingerprint density at radius 1 is 1.33 bits per heavy atom. The molecule has 1 aromatic heterocycles. The van der Waals surface area contributed by atoms with Gasteiger partial charge in [-0.3, -0.25) is 0 Å². The summed E-state index contributed by atoms with van der Waals surface area (Å²) in [6.45, 7) is 6.73. The van der Waals surface area contributed by atoms with E-state index in [2.05, 4.69) is 57.8 Å². The molecular weight excluding hydrogens is 278 g/mol. The van der Waals surface area contributed by atoms with Crippen molar-refractivity contribution < 1.29 is 0 Å². The van der Waals surface area contributed by atoms with Crippen LogP contribution in [-0.4, -0.2) is 36.1 Å². The summed E-state index contributed by atoms with van der Waals surface area (Å²) in [5.41, 5.74) is 1.42. The Kier molecular flexibility index (Phi) is 4.68. The molecule has 21 heavy (non-hydrogen) atoms. The molecular formula is C17H23N3S. The van der Waals surface area contributed by atoms with E-state index in [1.165, 1.54) is 23.5 Å². The number of rotatable bonds is 4. The maximum atomic E-state index is 4.39. The molecule has 1 atom stereocenters. The van der Waals surface area contributed by atoms with Gasteiger partial charge in [-0.1, -0.05) is 30.3 Å². The first-order valence-electron chi connectivity index (χ1n) is 7.67. The zero-order chi connectivity index (χ0) is 14.5. The molecule has 1 aliphatic rings. The van der Waals surface area contributed by atoms with Gasteiger partial charge in [0.05, 0.1) is 10.5 Å². The Hall–Kier alpha value is -1.23. The van der Waals surface area contributed by atoms with Gasteiger partial charge in [0, 0.05) is 31.1 Å². The van der Waals surface area contributed by atoms with Crippen molar-refractivity contribution in [1.82, 2.24) is 15.2 Å². The Labute approximate surface area is 131 Å². The Morgan fingerprint density at radius 2 is 2.19 bits per heavy atom. The van der Waals surface area contributed by atoms with Crippen LogP contribution >= 0.6 is 11.3 Å². The topological polar surface area (TPSA) is 28.2 Å². The number of hydrogen-bond donors (Lipinski definition) is 1. The highest BCUT2D eigenvalue weighted by molar-refractivity contribution is 7.09. The number of hydrogen-bond acceptors (Lipinski definition) is 4. The lowest BCUT2D eigenvalue weighted by Crippen LogP contribution is -2.46. The fourth-order valence-corrected chi connectivity index (χ4v) is 3.68. The van der Waals surface area contributed by atoms with E-state index in [4.69, 9.17) is 0 Å². The summed E-state index contributed by atoms with van der Waals surface area (Å²) in [5, 5.41) is 7.05. The van der Waals surface area contributed by atoms with E-state index in [0.717, 1.165) is 26.1 Å². The van der Waals surface area contributed by atoms with Crippen LogP contribution in [0.5, 0.6) is 0 Å². The molecule has 2 heterocycles. The van der Waals surface area contributed by atoms with Crippen LogP contribution in [0.2, 0.25) is 0 Å². The zero-order valence-corrected chi connectivity index (χ0v) is 13.4. The van der Waals surface area contributed by atoms with Gasteiger partial charge >= 0.3 is 0 Å². The second kappa shape index (κ2) is 6.69. The molecule has 0 spiro atoms. The highest BCUT2D eigenvalue weighted by Gasteiger charge is 2.30. The molecule has 1 unspecified atom stereocenters. The van der Waals surface area contributed by atoms with E-state index >= 15 is 0 Å². The number of thiazole rings is 1. The lowest BCUT2D eigenvalue weighted by atomic mass is 9.91. The molecule has 0 aliphatic carbocycles. The number of aromatic nitrogens is 1. The highest BCUT2D eigenvalue weighted by atomic mass is 32.1. The van der Waals surface area contributed by atoms with Crippen molar-refractivity contribution in [3.63, 3.8) is 0 Å². The normalized spacial score (nSPS) is 23.9. The van der Waals surface area contributed by atoms with Crippen LogP contribution in [0.15, 0.2) is 41.9 Å². The molecule has 0 bridgehead atoms. The molecule has 1 fully saturated rings. The summed E-state index contributed by atoms with van der Waals surface area (Å²) >= 11 is 1.76. The number of nitrogens with zero attached hydrogens (tertiary/aromatic N) is 2. The number of benzene rings is 1. The van der Waals surface area contributed by atoms with Crippen LogP contribution in [0.1, 0.15) is 23.9 Å². The van der Waals surface area contributed by atoms with Gasteiger partial charge in [-0.15, -0.1) is 11.3 Å². The molecule has 1 aromatic carbocycles. The molecule has 1 N–H and O–H groups in total. The third kappa shape index (κ3) is 3.70. The maximum absolute atomic E-state index is 4.39. The molecule has 2 aromatic rings. The van der Waals surface area contributed by atoms with Gasteiger partial charge in [0.1, 0.15) is 0 Å². The van der Waals surface area contributed by atoms with Crippen molar-refractivity contribution in [2.45, 2.75) is 25.3 Å². The van der Waals surface area contributed by atoms with E-state index in [1.54, 1.807) is 11.3 Å².